The van der Waals surface area contributed by atoms with Crippen molar-refractivity contribution >= 4 is 34.9 Å². The van der Waals surface area contributed by atoms with Crippen molar-refractivity contribution in [3.05, 3.63) is 163 Å². The van der Waals surface area contributed by atoms with Crippen LogP contribution in [0.25, 0.3) is 0 Å². The van der Waals surface area contributed by atoms with E-state index in [0.717, 1.165) is 0 Å². The van der Waals surface area contributed by atoms with Crippen LogP contribution in [0.4, 0.5) is 0 Å². The Morgan fingerprint density at radius 3 is 1.47 bits per heavy atom. The molecule has 1 unspecified atom stereocenters. The van der Waals surface area contributed by atoms with Gasteiger partial charge in [-0.25, -0.2) is 4.79 Å². The van der Waals surface area contributed by atoms with Crippen LogP contribution in [0, 0.1) is 0 Å². The molecule has 5 heteroatoms. The van der Waals surface area contributed by atoms with Crippen molar-refractivity contribution in [2.75, 3.05) is 19.4 Å². The Bertz CT molecular complexity index is 1500. The molecule has 5 aromatic rings. The Labute approximate surface area is 254 Å². The van der Waals surface area contributed by atoms with Crippen molar-refractivity contribution < 1.29 is 19.1 Å². The summed E-state index contributed by atoms with van der Waals surface area (Å²) >= 11 is 0. The summed E-state index contributed by atoms with van der Waals surface area (Å²) in [7, 11) is -2.31. The molecule has 0 aliphatic rings. The molecule has 0 fully saturated rings. The molecule has 0 saturated carbocycles. The number of carbonyl (C=O) groups is 2. The van der Waals surface area contributed by atoms with E-state index in [1.54, 1.807) is 6.92 Å². The zero-order valence-corrected chi connectivity index (χ0v) is 25.2. The minimum absolute atomic E-state index is 0.184. The predicted octanol–water partition coefficient (Wildman–Crippen LogP) is 6.73. The van der Waals surface area contributed by atoms with Crippen LogP contribution in [0.15, 0.2) is 152 Å². The first-order valence-electron chi connectivity index (χ1n) is 14.6. The monoisotopic (exact) mass is 587 g/mol. The zero-order valence-electron chi connectivity index (χ0n) is 24.3. The highest BCUT2D eigenvalue weighted by Gasteiger charge is 2.50. The lowest BCUT2D eigenvalue weighted by Gasteiger charge is -2.36. The van der Waals surface area contributed by atoms with Gasteiger partial charge >= 0.3 is 5.97 Å². The van der Waals surface area contributed by atoms with Crippen LogP contribution in [-0.2, 0) is 19.9 Å². The number of ether oxygens (including phenoxy) is 2. The third kappa shape index (κ3) is 6.51. The van der Waals surface area contributed by atoms with E-state index in [-0.39, 0.29) is 19.0 Å². The van der Waals surface area contributed by atoms with E-state index < -0.39 is 18.8 Å². The normalized spacial score (nSPS) is 12.7. The van der Waals surface area contributed by atoms with Crippen molar-refractivity contribution in [2.45, 2.75) is 18.9 Å². The molecule has 5 rings (SSSR count). The second-order valence-corrected chi connectivity index (χ2v) is 13.9. The van der Waals surface area contributed by atoms with Crippen LogP contribution >= 0.6 is 7.26 Å². The van der Waals surface area contributed by atoms with Gasteiger partial charge in [0, 0.05) is 12.0 Å². The molecule has 0 aliphatic heterocycles. The summed E-state index contributed by atoms with van der Waals surface area (Å²) in [5, 5.41) is 3.64. The molecule has 0 spiro atoms. The van der Waals surface area contributed by atoms with E-state index in [9.17, 15) is 9.59 Å². The molecule has 0 bridgehead atoms. The number of carbonyl (C=O) groups excluding carboxylic acids is 2. The summed E-state index contributed by atoms with van der Waals surface area (Å²) in [6.07, 6.45) is 0.970. The van der Waals surface area contributed by atoms with Crippen molar-refractivity contribution in [3.63, 3.8) is 0 Å². The molecule has 4 nitrogen and oxygen atoms in total. The topological polar surface area (TPSA) is 52.6 Å². The summed E-state index contributed by atoms with van der Waals surface area (Å²) in [5.41, 5.74) is -0.197. The molecular weight excluding hydrogens is 551 g/mol. The molecule has 0 aliphatic carbocycles. The molecule has 216 valence electrons. The smallest absolute Gasteiger partial charge is 0.332 e. The van der Waals surface area contributed by atoms with Gasteiger partial charge in [0.15, 0.2) is 11.4 Å². The maximum Gasteiger partial charge on any atom is 0.332 e. The quantitative estimate of drug-likeness (QED) is 0.0871. The number of hydrogen-bond acceptors (Lipinski definition) is 4. The molecule has 1 atom stereocenters. The second-order valence-electron chi connectivity index (χ2n) is 10.3. The Balaban J connectivity index is 1.71. The van der Waals surface area contributed by atoms with Crippen molar-refractivity contribution in [3.8, 4) is 0 Å². The van der Waals surface area contributed by atoms with Crippen LogP contribution in [0.1, 0.15) is 29.3 Å². The van der Waals surface area contributed by atoms with Gasteiger partial charge in [-0.05, 0) is 48.9 Å². The van der Waals surface area contributed by atoms with Crippen LogP contribution in [0.5, 0.6) is 0 Å². The minimum atomic E-state index is -2.31. The van der Waals surface area contributed by atoms with Gasteiger partial charge in [0.1, 0.15) is 29.8 Å². The average molecular weight is 588 g/mol. The van der Waals surface area contributed by atoms with Crippen molar-refractivity contribution in [2.24, 2.45) is 0 Å². The number of esters is 1. The number of rotatable bonds is 13. The van der Waals surface area contributed by atoms with Crippen LogP contribution in [-0.4, -0.2) is 31.1 Å². The van der Waals surface area contributed by atoms with Gasteiger partial charge in [-0.15, -0.1) is 0 Å². The molecule has 0 aromatic heterocycles. The molecule has 0 amide bonds. The molecule has 5 aromatic carbocycles. The number of hydrogen-bond donors (Lipinski definition) is 0. The first-order valence-corrected chi connectivity index (χ1v) is 16.6. The van der Waals surface area contributed by atoms with Gasteiger partial charge in [0.05, 0.1) is 12.8 Å². The summed E-state index contributed by atoms with van der Waals surface area (Å²) < 4.78 is 11.8. The summed E-state index contributed by atoms with van der Waals surface area (Å²) in [6.45, 7) is 1.66. The molecular formula is C38H36O4P+. The number of ketones is 1. The highest BCUT2D eigenvalue weighted by atomic mass is 31.2. The molecule has 0 N–H and O–H groups in total. The molecule has 0 heterocycles. The lowest BCUT2D eigenvalue weighted by atomic mass is 9.83. The van der Waals surface area contributed by atoms with Gasteiger partial charge < -0.3 is 9.47 Å². The minimum Gasteiger partial charge on any atom is -0.464 e. The maximum atomic E-state index is 14.7. The van der Waals surface area contributed by atoms with E-state index in [1.165, 1.54) is 15.9 Å². The first-order chi connectivity index (χ1) is 21.1. The summed E-state index contributed by atoms with van der Waals surface area (Å²) in [6, 6.07) is 50.5. The Hall–Kier alpha value is -4.37. The van der Waals surface area contributed by atoms with Gasteiger partial charge in [0.25, 0.3) is 0 Å². The zero-order chi connectivity index (χ0) is 30.0. The molecule has 0 saturated heterocycles. The van der Waals surface area contributed by atoms with Crippen molar-refractivity contribution in [1.82, 2.24) is 0 Å². The van der Waals surface area contributed by atoms with E-state index in [1.807, 2.05) is 78.9 Å². The lowest BCUT2D eigenvalue weighted by molar-refractivity contribution is -0.153. The van der Waals surface area contributed by atoms with Gasteiger partial charge in [-0.1, -0.05) is 115 Å². The lowest BCUT2D eigenvalue weighted by Crippen LogP contribution is -2.43. The largest absolute Gasteiger partial charge is 0.464 e. The van der Waals surface area contributed by atoms with E-state index in [0.29, 0.717) is 23.7 Å². The highest BCUT2D eigenvalue weighted by molar-refractivity contribution is 7.95. The predicted molar refractivity (Wildman–Crippen MR) is 176 cm³/mol. The third-order valence-electron chi connectivity index (χ3n) is 7.77. The average Bonchev–Trinajstić information content (AvgIpc) is 3.08. The first kappa shape index (κ1) is 30.1. The SMILES string of the molecule is CCOC(=O)COC(CC[P+](c1ccccc1)(c1ccccc1)c1ccccc1)(C(=O)c1ccccc1)c1ccccc1. The second kappa shape index (κ2) is 14.2. The summed E-state index contributed by atoms with van der Waals surface area (Å²) in [5.74, 6) is -0.685. The van der Waals surface area contributed by atoms with Gasteiger partial charge in [-0.3, -0.25) is 4.79 Å². The standard InChI is InChI=1S/C38H36O4P/c1-2-41-36(39)30-42-38(32-20-10-4-11-21-32,37(40)31-18-8-3-9-19-31)28-29-43(33-22-12-5-13-23-33,34-24-14-6-15-25-34)35-26-16-7-17-27-35/h3-27H,2,28-30H2,1H3/q+1. The Kier molecular flexibility index (Phi) is 9.94. The van der Waals surface area contributed by atoms with E-state index in [2.05, 4.69) is 72.8 Å². The fourth-order valence-corrected chi connectivity index (χ4v) is 10.1. The van der Waals surface area contributed by atoms with Crippen LogP contribution in [0.2, 0.25) is 0 Å². The molecule has 0 radical (unpaired) electrons. The van der Waals surface area contributed by atoms with Gasteiger partial charge in [-0.2, -0.15) is 0 Å². The van der Waals surface area contributed by atoms with Gasteiger partial charge in [0.2, 0.25) is 0 Å². The number of benzene rings is 5. The van der Waals surface area contributed by atoms with E-state index in [4.69, 9.17) is 9.47 Å². The Morgan fingerprint density at radius 1 is 0.605 bits per heavy atom. The van der Waals surface area contributed by atoms with Crippen LogP contribution in [0.3, 0.4) is 0 Å². The highest BCUT2D eigenvalue weighted by Crippen LogP contribution is 2.57. The fourth-order valence-electron chi connectivity index (χ4n) is 5.73. The van der Waals surface area contributed by atoms with E-state index >= 15 is 0 Å². The summed E-state index contributed by atoms with van der Waals surface area (Å²) in [4.78, 5) is 27.4. The number of Topliss-reactive ketones (excluding diaryl/α,β-unsaturated/α-hetero) is 1. The maximum absolute atomic E-state index is 14.7. The van der Waals surface area contributed by atoms with Crippen molar-refractivity contribution in [1.29, 1.82) is 0 Å². The third-order valence-corrected chi connectivity index (χ3v) is 12.2. The molecule has 43 heavy (non-hydrogen) atoms. The Morgan fingerprint density at radius 2 is 1.02 bits per heavy atom. The fraction of sp³-hybridized carbons (Fsp3) is 0.158. The van der Waals surface area contributed by atoms with Crippen LogP contribution < -0.4 is 15.9 Å².